The third-order valence-corrected chi connectivity index (χ3v) is 3.35. The first-order valence-corrected chi connectivity index (χ1v) is 6.95. The van der Waals surface area contributed by atoms with Crippen molar-refractivity contribution in [1.29, 1.82) is 0 Å². The number of nitrogens with two attached hydrogens (primary N) is 1. The lowest BCUT2D eigenvalue weighted by Crippen LogP contribution is -2.17. The molecule has 0 aromatic heterocycles. The van der Waals surface area contributed by atoms with Crippen LogP contribution in [0.15, 0.2) is 18.2 Å². The largest absolute Gasteiger partial charge is 0.493 e. The van der Waals surface area contributed by atoms with Crippen LogP contribution in [0.5, 0.6) is 11.5 Å². The van der Waals surface area contributed by atoms with E-state index in [1.54, 1.807) is 7.11 Å². The number of methoxy groups -OCH3 is 1. The Morgan fingerprint density at radius 1 is 1.37 bits per heavy atom. The van der Waals surface area contributed by atoms with Gasteiger partial charge in [-0.1, -0.05) is 12.1 Å². The minimum atomic E-state index is 0.143. The summed E-state index contributed by atoms with van der Waals surface area (Å²) >= 11 is 0. The number of para-hydroxylation sites is 1. The van der Waals surface area contributed by atoms with Crippen molar-refractivity contribution < 1.29 is 14.2 Å². The van der Waals surface area contributed by atoms with Crippen LogP contribution in [-0.2, 0) is 11.2 Å². The van der Waals surface area contributed by atoms with Gasteiger partial charge in [0, 0.05) is 6.42 Å². The summed E-state index contributed by atoms with van der Waals surface area (Å²) in [5.41, 5.74) is 6.74. The molecule has 106 valence electrons. The first-order chi connectivity index (χ1) is 9.35. The summed E-state index contributed by atoms with van der Waals surface area (Å²) in [5, 5.41) is 0. The van der Waals surface area contributed by atoms with Crippen LogP contribution in [-0.4, -0.2) is 33.0 Å². The van der Waals surface area contributed by atoms with E-state index in [1.165, 1.54) is 5.56 Å². The SMILES string of the molecule is COc1cccc(CCCCN)c1OC1CCOC1. The molecule has 4 heteroatoms. The number of hydrogen-bond acceptors (Lipinski definition) is 4. The van der Waals surface area contributed by atoms with Gasteiger partial charge in [0.1, 0.15) is 6.10 Å². The van der Waals surface area contributed by atoms with Gasteiger partial charge in [0.2, 0.25) is 0 Å². The van der Waals surface area contributed by atoms with Gasteiger partial charge in [-0.25, -0.2) is 0 Å². The van der Waals surface area contributed by atoms with Crippen LogP contribution in [0.3, 0.4) is 0 Å². The minimum absolute atomic E-state index is 0.143. The van der Waals surface area contributed by atoms with Crippen LogP contribution < -0.4 is 15.2 Å². The van der Waals surface area contributed by atoms with Gasteiger partial charge < -0.3 is 19.9 Å². The van der Waals surface area contributed by atoms with E-state index in [1.807, 2.05) is 12.1 Å². The van der Waals surface area contributed by atoms with E-state index < -0.39 is 0 Å². The Morgan fingerprint density at radius 3 is 2.95 bits per heavy atom. The normalized spacial score (nSPS) is 18.5. The second-order valence-electron chi connectivity index (χ2n) is 4.80. The predicted octanol–water partition coefficient (Wildman–Crippen LogP) is 2.14. The molecule has 1 aromatic rings. The topological polar surface area (TPSA) is 53.7 Å². The Hall–Kier alpha value is -1.26. The highest BCUT2D eigenvalue weighted by atomic mass is 16.6. The lowest BCUT2D eigenvalue weighted by Gasteiger charge is -2.18. The fourth-order valence-corrected chi connectivity index (χ4v) is 2.28. The fraction of sp³-hybridized carbons (Fsp3) is 0.600. The maximum absolute atomic E-state index is 6.08. The second-order valence-corrected chi connectivity index (χ2v) is 4.80. The van der Waals surface area contributed by atoms with Crippen LogP contribution in [0.4, 0.5) is 0 Å². The molecular weight excluding hydrogens is 242 g/mol. The smallest absolute Gasteiger partial charge is 0.164 e. The van der Waals surface area contributed by atoms with Crippen molar-refractivity contribution in [3.63, 3.8) is 0 Å². The summed E-state index contributed by atoms with van der Waals surface area (Å²) in [6.07, 6.45) is 4.16. The van der Waals surface area contributed by atoms with Crippen molar-refractivity contribution in [2.45, 2.75) is 31.8 Å². The highest BCUT2D eigenvalue weighted by molar-refractivity contribution is 5.46. The average molecular weight is 265 g/mol. The van der Waals surface area contributed by atoms with Crippen molar-refractivity contribution >= 4 is 0 Å². The molecule has 1 unspecified atom stereocenters. The number of benzene rings is 1. The van der Waals surface area contributed by atoms with Crippen LogP contribution in [0, 0.1) is 0 Å². The van der Waals surface area contributed by atoms with Gasteiger partial charge in [0.05, 0.1) is 20.3 Å². The number of ether oxygens (including phenoxy) is 3. The predicted molar refractivity (Wildman–Crippen MR) is 74.8 cm³/mol. The Kier molecular flexibility index (Phi) is 5.48. The molecule has 1 aliphatic rings. The highest BCUT2D eigenvalue weighted by Gasteiger charge is 2.20. The lowest BCUT2D eigenvalue weighted by atomic mass is 10.1. The number of hydrogen-bond donors (Lipinski definition) is 1. The molecule has 1 atom stereocenters. The van der Waals surface area contributed by atoms with Gasteiger partial charge in [-0.05, 0) is 37.4 Å². The fourth-order valence-electron chi connectivity index (χ4n) is 2.28. The highest BCUT2D eigenvalue weighted by Crippen LogP contribution is 2.33. The first kappa shape index (κ1) is 14.2. The van der Waals surface area contributed by atoms with E-state index in [0.29, 0.717) is 6.61 Å². The third kappa shape index (κ3) is 3.85. The minimum Gasteiger partial charge on any atom is -0.493 e. The quantitative estimate of drug-likeness (QED) is 0.767. The summed E-state index contributed by atoms with van der Waals surface area (Å²) in [6, 6.07) is 6.05. The van der Waals surface area contributed by atoms with Crippen LogP contribution >= 0.6 is 0 Å². The molecule has 2 N–H and O–H groups in total. The number of unbranched alkanes of at least 4 members (excludes halogenated alkanes) is 1. The van der Waals surface area contributed by atoms with Crippen molar-refractivity contribution in [2.24, 2.45) is 5.73 Å². The zero-order chi connectivity index (χ0) is 13.5. The number of rotatable bonds is 7. The maximum Gasteiger partial charge on any atom is 0.164 e. The molecule has 0 amide bonds. The second kappa shape index (κ2) is 7.36. The summed E-state index contributed by atoms with van der Waals surface area (Å²) in [7, 11) is 1.68. The Balaban J connectivity index is 2.10. The van der Waals surface area contributed by atoms with Gasteiger partial charge in [-0.3, -0.25) is 0 Å². The van der Waals surface area contributed by atoms with E-state index >= 15 is 0 Å². The lowest BCUT2D eigenvalue weighted by molar-refractivity contribution is 0.138. The van der Waals surface area contributed by atoms with Crippen molar-refractivity contribution in [1.82, 2.24) is 0 Å². The Morgan fingerprint density at radius 2 is 2.26 bits per heavy atom. The molecular formula is C15H23NO3. The van der Waals surface area contributed by atoms with Gasteiger partial charge in [-0.2, -0.15) is 0 Å². The Bertz CT molecular complexity index is 389. The first-order valence-electron chi connectivity index (χ1n) is 6.95. The summed E-state index contributed by atoms with van der Waals surface area (Å²) in [4.78, 5) is 0. The van der Waals surface area contributed by atoms with E-state index in [2.05, 4.69) is 6.07 Å². The Labute approximate surface area is 114 Å². The van der Waals surface area contributed by atoms with Gasteiger partial charge in [0.15, 0.2) is 11.5 Å². The molecule has 0 spiro atoms. The van der Waals surface area contributed by atoms with Gasteiger partial charge in [0.25, 0.3) is 0 Å². The number of aryl methyl sites for hydroxylation is 1. The molecule has 1 heterocycles. The summed E-state index contributed by atoms with van der Waals surface area (Å²) in [5.74, 6) is 1.68. The van der Waals surface area contributed by atoms with Crippen molar-refractivity contribution in [2.75, 3.05) is 26.9 Å². The molecule has 1 saturated heterocycles. The molecule has 2 rings (SSSR count). The molecule has 0 saturated carbocycles. The van der Waals surface area contributed by atoms with Gasteiger partial charge in [-0.15, -0.1) is 0 Å². The average Bonchev–Trinajstić information content (AvgIpc) is 2.93. The van der Waals surface area contributed by atoms with Crippen molar-refractivity contribution in [3.8, 4) is 11.5 Å². The monoisotopic (exact) mass is 265 g/mol. The zero-order valence-electron chi connectivity index (χ0n) is 11.6. The van der Waals surface area contributed by atoms with Crippen molar-refractivity contribution in [3.05, 3.63) is 23.8 Å². The van der Waals surface area contributed by atoms with Crippen LogP contribution in [0.1, 0.15) is 24.8 Å². The van der Waals surface area contributed by atoms with E-state index in [9.17, 15) is 0 Å². The van der Waals surface area contributed by atoms with E-state index in [-0.39, 0.29) is 6.10 Å². The van der Waals surface area contributed by atoms with Crippen LogP contribution in [0.2, 0.25) is 0 Å². The molecule has 0 aliphatic carbocycles. The van der Waals surface area contributed by atoms with Crippen LogP contribution in [0.25, 0.3) is 0 Å². The molecule has 4 nitrogen and oxygen atoms in total. The molecule has 0 bridgehead atoms. The molecule has 1 fully saturated rings. The standard InChI is InChI=1S/C15H23NO3/c1-17-14-7-4-6-12(5-2-3-9-16)15(14)19-13-8-10-18-11-13/h4,6-7,13H,2-3,5,8-11,16H2,1H3. The van der Waals surface area contributed by atoms with E-state index in [4.69, 9.17) is 19.9 Å². The molecule has 1 aliphatic heterocycles. The van der Waals surface area contributed by atoms with Gasteiger partial charge >= 0.3 is 0 Å². The van der Waals surface area contributed by atoms with E-state index in [0.717, 1.165) is 50.3 Å². The molecule has 0 radical (unpaired) electrons. The molecule has 1 aromatic carbocycles. The molecule has 19 heavy (non-hydrogen) atoms. The zero-order valence-corrected chi connectivity index (χ0v) is 11.6. The third-order valence-electron chi connectivity index (χ3n) is 3.35. The summed E-state index contributed by atoms with van der Waals surface area (Å²) in [6.45, 7) is 2.18. The maximum atomic E-state index is 6.08. The summed E-state index contributed by atoms with van der Waals surface area (Å²) < 4.78 is 16.8.